The third-order valence-electron chi connectivity index (χ3n) is 4.75. The number of aryl methyl sites for hydroxylation is 1. The number of guanidine groups is 1. The van der Waals surface area contributed by atoms with Crippen LogP contribution in [-0.4, -0.2) is 52.0 Å². The van der Waals surface area contributed by atoms with Crippen molar-refractivity contribution in [1.29, 1.82) is 0 Å². The van der Waals surface area contributed by atoms with Crippen molar-refractivity contribution in [1.82, 2.24) is 10.6 Å². The second-order valence-corrected chi connectivity index (χ2v) is 6.99. The van der Waals surface area contributed by atoms with Gasteiger partial charge in [-0.15, -0.1) is 24.0 Å². The smallest absolute Gasteiger partial charge is 0.191 e. The lowest BCUT2D eigenvalue weighted by atomic mass is 10.0. The number of aliphatic imine (C=N–C) groups is 1. The fourth-order valence-corrected chi connectivity index (χ4v) is 3.12. The van der Waals surface area contributed by atoms with Crippen LogP contribution in [-0.2, 0) is 15.9 Å². The first-order valence-electron chi connectivity index (χ1n) is 10.1. The lowest BCUT2D eigenvalue weighted by molar-refractivity contribution is 0.0205. The maximum absolute atomic E-state index is 13.2. The summed E-state index contributed by atoms with van der Waals surface area (Å²) in [4.78, 5) is 4.60. The highest BCUT2D eigenvalue weighted by atomic mass is 127. The molecule has 0 atom stereocenters. The molecule has 0 bridgehead atoms. The predicted molar refractivity (Wildman–Crippen MR) is 123 cm³/mol. The third kappa shape index (κ3) is 10.0. The van der Waals surface area contributed by atoms with Gasteiger partial charge in [0, 0.05) is 46.1 Å². The summed E-state index contributed by atoms with van der Waals surface area (Å²) in [5, 5.41) is 6.60. The molecule has 2 rings (SSSR count). The van der Waals surface area contributed by atoms with E-state index < -0.39 is 0 Å². The average Bonchev–Trinajstić information content (AvgIpc) is 2.67. The molecule has 0 aliphatic carbocycles. The van der Waals surface area contributed by atoms with Gasteiger partial charge in [-0.05, 0) is 68.7 Å². The zero-order chi connectivity index (χ0) is 19.3. The van der Waals surface area contributed by atoms with Gasteiger partial charge in [-0.1, -0.05) is 6.07 Å². The van der Waals surface area contributed by atoms with Crippen LogP contribution < -0.4 is 10.6 Å². The monoisotopic (exact) mass is 507 g/mol. The van der Waals surface area contributed by atoms with Crippen molar-refractivity contribution in [3.8, 4) is 0 Å². The van der Waals surface area contributed by atoms with E-state index in [9.17, 15) is 4.39 Å². The minimum Gasteiger partial charge on any atom is -0.381 e. The molecule has 0 aromatic heterocycles. The second-order valence-electron chi connectivity index (χ2n) is 6.99. The van der Waals surface area contributed by atoms with Crippen molar-refractivity contribution in [2.75, 3.05) is 46.1 Å². The Morgan fingerprint density at radius 3 is 2.79 bits per heavy atom. The number of halogens is 2. The van der Waals surface area contributed by atoms with Crippen LogP contribution in [0.1, 0.15) is 37.3 Å². The highest BCUT2D eigenvalue weighted by Crippen LogP contribution is 2.14. The van der Waals surface area contributed by atoms with Gasteiger partial charge in [-0.3, -0.25) is 4.99 Å². The largest absolute Gasteiger partial charge is 0.381 e. The molecule has 1 aliphatic rings. The Hall–Kier alpha value is -0.930. The van der Waals surface area contributed by atoms with E-state index >= 15 is 0 Å². The third-order valence-corrected chi connectivity index (χ3v) is 4.75. The number of ether oxygens (including phenoxy) is 2. The van der Waals surface area contributed by atoms with Crippen molar-refractivity contribution >= 4 is 29.9 Å². The standard InChI is InChI=1S/C21H34FN3O2.HI/c1-3-23-21(25-11-7-19-5-6-20(22)15-17(19)2)24-10-4-12-27-16-18-8-13-26-14-9-18;/h5-6,15,18H,3-4,7-14,16H2,1-2H3,(H2,23,24,25);1H. The van der Waals surface area contributed by atoms with Crippen LogP contribution in [0.3, 0.4) is 0 Å². The lowest BCUT2D eigenvalue weighted by Gasteiger charge is -2.21. The van der Waals surface area contributed by atoms with Crippen LogP contribution in [0.2, 0.25) is 0 Å². The Kier molecular flexibility index (Phi) is 13.4. The molecule has 5 nitrogen and oxygen atoms in total. The van der Waals surface area contributed by atoms with Gasteiger partial charge in [0.2, 0.25) is 0 Å². The van der Waals surface area contributed by atoms with Gasteiger partial charge < -0.3 is 20.1 Å². The molecule has 2 N–H and O–H groups in total. The van der Waals surface area contributed by atoms with Gasteiger partial charge in [0.05, 0.1) is 0 Å². The molecule has 1 aromatic carbocycles. The molecule has 1 aromatic rings. The van der Waals surface area contributed by atoms with E-state index in [1.165, 1.54) is 6.07 Å². The van der Waals surface area contributed by atoms with Gasteiger partial charge in [0.15, 0.2) is 5.96 Å². The van der Waals surface area contributed by atoms with Crippen LogP contribution in [0.15, 0.2) is 23.2 Å². The summed E-state index contributed by atoms with van der Waals surface area (Å²) >= 11 is 0. The highest BCUT2D eigenvalue weighted by molar-refractivity contribution is 14.0. The van der Waals surface area contributed by atoms with Crippen LogP contribution >= 0.6 is 24.0 Å². The van der Waals surface area contributed by atoms with Gasteiger partial charge in [0.25, 0.3) is 0 Å². The Morgan fingerprint density at radius 2 is 2.07 bits per heavy atom. The molecule has 0 saturated carbocycles. The molecular formula is C21H35FIN3O2. The first kappa shape index (κ1) is 25.1. The summed E-state index contributed by atoms with van der Waals surface area (Å²) in [6.45, 7) is 9.63. The summed E-state index contributed by atoms with van der Waals surface area (Å²) in [5.74, 6) is 1.29. The van der Waals surface area contributed by atoms with Crippen molar-refractivity contribution in [2.45, 2.75) is 39.5 Å². The Balaban J connectivity index is 0.00000392. The first-order chi connectivity index (χ1) is 13.2. The van der Waals surface area contributed by atoms with Gasteiger partial charge in [-0.25, -0.2) is 4.39 Å². The van der Waals surface area contributed by atoms with E-state index in [0.717, 1.165) is 88.8 Å². The van der Waals surface area contributed by atoms with Crippen LogP contribution in [0, 0.1) is 18.7 Å². The van der Waals surface area contributed by atoms with E-state index in [4.69, 9.17) is 9.47 Å². The Labute approximate surface area is 185 Å². The van der Waals surface area contributed by atoms with Gasteiger partial charge >= 0.3 is 0 Å². The lowest BCUT2D eigenvalue weighted by Crippen LogP contribution is -2.38. The Bertz CT molecular complexity index is 581. The second kappa shape index (κ2) is 15.0. The summed E-state index contributed by atoms with van der Waals surface area (Å²) in [6, 6.07) is 4.95. The summed E-state index contributed by atoms with van der Waals surface area (Å²) in [5.41, 5.74) is 2.14. The van der Waals surface area contributed by atoms with E-state index in [2.05, 4.69) is 22.5 Å². The molecule has 1 saturated heterocycles. The predicted octanol–water partition coefficient (Wildman–Crippen LogP) is 3.68. The van der Waals surface area contributed by atoms with Gasteiger partial charge in [-0.2, -0.15) is 0 Å². The molecule has 1 fully saturated rings. The van der Waals surface area contributed by atoms with E-state index in [-0.39, 0.29) is 29.8 Å². The quantitative estimate of drug-likeness (QED) is 0.220. The summed E-state index contributed by atoms with van der Waals surface area (Å²) in [6.07, 6.45) is 3.97. The summed E-state index contributed by atoms with van der Waals surface area (Å²) in [7, 11) is 0. The maximum atomic E-state index is 13.2. The van der Waals surface area contributed by atoms with E-state index in [1.807, 2.05) is 13.0 Å². The van der Waals surface area contributed by atoms with E-state index in [1.54, 1.807) is 6.07 Å². The molecular weight excluding hydrogens is 472 g/mol. The molecule has 28 heavy (non-hydrogen) atoms. The minimum atomic E-state index is -0.182. The van der Waals surface area contributed by atoms with Gasteiger partial charge in [0.1, 0.15) is 5.82 Å². The fourth-order valence-electron chi connectivity index (χ4n) is 3.12. The van der Waals surface area contributed by atoms with Crippen LogP contribution in [0.5, 0.6) is 0 Å². The fraction of sp³-hybridized carbons (Fsp3) is 0.667. The molecule has 1 aliphatic heterocycles. The topological polar surface area (TPSA) is 54.9 Å². The Morgan fingerprint density at radius 1 is 1.29 bits per heavy atom. The van der Waals surface area contributed by atoms with Crippen LogP contribution in [0.4, 0.5) is 4.39 Å². The number of rotatable bonds is 10. The van der Waals surface area contributed by atoms with Crippen molar-refractivity contribution in [2.24, 2.45) is 10.9 Å². The molecule has 0 spiro atoms. The molecule has 160 valence electrons. The average molecular weight is 507 g/mol. The first-order valence-corrected chi connectivity index (χ1v) is 10.1. The normalized spacial score (nSPS) is 15.2. The number of nitrogens with zero attached hydrogens (tertiary/aromatic N) is 1. The number of nitrogens with one attached hydrogen (secondary N) is 2. The van der Waals surface area contributed by atoms with Crippen molar-refractivity contribution in [3.05, 3.63) is 35.1 Å². The SMILES string of the molecule is CCNC(=NCCCOCC1CCOCC1)NCCc1ccc(F)cc1C.I. The minimum absolute atomic E-state index is 0. The van der Waals surface area contributed by atoms with Crippen molar-refractivity contribution in [3.63, 3.8) is 0 Å². The number of benzene rings is 1. The molecule has 1 heterocycles. The van der Waals surface area contributed by atoms with E-state index in [0.29, 0.717) is 5.92 Å². The molecule has 0 amide bonds. The van der Waals surface area contributed by atoms with Crippen molar-refractivity contribution < 1.29 is 13.9 Å². The zero-order valence-electron chi connectivity index (χ0n) is 17.1. The number of hydrogen-bond acceptors (Lipinski definition) is 3. The molecule has 0 unspecified atom stereocenters. The number of hydrogen-bond donors (Lipinski definition) is 2. The summed E-state index contributed by atoms with van der Waals surface area (Å²) < 4.78 is 24.3. The molecule has 7 heteroatoms. The highest BCUT2D eigenvalue weighted by Gasteiger charge is 2.13. The van der Waals surface area contributed by atoms with Crippen LogP contribution in [0.25, 0.3) is 0 Å². The maximum Gasteiger partial charge on any atom is 0.191 e. The molecule has 0 radical (unpaired) electrons. The zero-order valence-corrected chi connectivity index (χ0v) is 19.5.